The van der Waals surface area contributed by atoms with Crippen molar-refractivity contribution in [1.29, 1.82) is 5.41 Å². The van der Waals surface area contributed by atoms with Gasteiger partial charge in [-0.1, -0.05) is 29.4 Å². The van der Waals surface area contributed by atoms with Crippen molar-refractivity contribution in [2.75, 3.05) is 0 Å². The Balaban J connectivity index is 2.68. The highest BCUT2D eigenvalue weighted by atomic mass is 16.7. The second-order valence-corrected chi connectivity index (χ2v) is 4.18. The van der Waals surface area contributed by atoms with Gasteiger partial charge in [0.1, 0.15) is 5.84 Å². The number of carboxylic acid groups (broad SMARTS) is 1. The summed E-state index contributed by atoms with van der Waals surface area (Å²) in [7, 11) is 0. The van der Waals surface area contributed by atoms with Gasteiger partial charge in [0, 0.05) is 5.56 Å². The number of aliphatic carboxylic acids is 1. The molecule has 0 fully saturated rings. The zero-order valence-corrected chi connectivity index (χ0v) is 10.2. The van der Waals surface area contributed by atoms with Gasteiger partial charge in [-0.2, -0.15) is 0 Å². The van der Waals surface area contributed by atoms with Crippen molar-refractivity contribution in [3.63, 3.8) is 0 Å². The number of rotatable bonds is 5. The monoisotopic (exact) mass is 249 g/mol. The summed E-state index contributed by atoms with van der Waals surface area (Å²) in [6, 6.07) is 6.76. The Morgan fingerprint density at radius 3 is 2.44 bits per heavy atom. The van der Waals surface area contributed by atoms with E-state index < -0.39 is 11.6 Å². The third kappa shape index (κ3) is 3.58. The van der Waals surface area contributed by atoms with Gasteiger partial charge < -0.3 is 15.7 Å². The fourth-order valence-corrected chi connectivity index (χ4v) is 1.01. The number of carbonyl (C=O) groups is 1. The smallest absolute Gasteiger partial charge is 0.350 e. The van der Waals surface area contributed by atoms with Crippen LogP contribution in [0.1, 0.15) is 25.0 Å². The molecule has 6 nitrogen and oxygen atoms in total. The van der Waals surface area contributed by atoms with Crippen LogP contribution in [0.5, 0.6) is 0 Å². The van der Waals surface area contributed by atoms with Crippen molar-refractivity contribution in [1.82, 2.24) is 0 Å². The van der Waals surface area contributed by atoms with E-state index in [1.165, 1.54) is 20.1 Å². The molecule has 1 rings (SSSR count). The molecule has 18 heavy (non-hydrogen) atoms. The lowest BCUT2D eigenvalue weighted by Crippen LogP contribution is -2.32. The molecule has 0 bridgehead atoms. The Morgan fingerprint density at radius 2 is 2.00 bits per heavy atom. The molecule has 0 radical (unpaired) electrons. The summed E-state index contributed by atoms with van der Waals surface area (Å²) in [5, 5.41) is 19.6. The number of nitrogens with zero attached hydrogens (tertiary/aromatic N) is 1. The number of nitrogens with one attached hydrogen (secondary N) is 1. The molecule has 96 valence electrons. The van der Waals surface area contributed by atoms with Gasteiger partial charge in [-0.15, -0.1) is 0 Å². The average Bonchev–Trinajstić information content (AvgIpc) is 2.29. The molecule has 0 aliphatic rings. The predicted molar refractivity (Wildman–Crippen MR) is 67.9 cm³/mol. The van der Waals surface area contributed by atoms with Crippen LogP contribution in [-0.4, -0.2) is 28.7 Å². The Hall–Kier alpha value is -2.37. The van der Waals surface area contributed by atoms with Gasteiger partial charge in [0.25, 0.3) is 0 Å². The fourth-order valence-electron chi connectivity index (χ4n) is 1.01. The molecule has 0 spiro atoms. The quantitative estimate of drug-likeness (QED) is 0.413. The third-order valence-electron chi connectivity index (χ3n) is 2.22. The summed E-state index contributed by atoms with van der Waals surface area (Å²) in [4.78, 5) is 15.6. The Kier molecular flexibility index (Phi) is 4.04. The first kappa shape index (κ1) is 13.7. The lowest BCUT2D eigenvalue weighted by molar-refractivity contribution is -0.161. The molecule has 0 aliphatic carbocycles. The van der Waals surface area contributed by atoms with Crippen LogP contribution in [-0.2, 0) is 9.63 Å². The number of hydrogen-bond donors (Lipinski definition) is 3. The molecule has 0 unspecified atom stereocenters. The Morgan fingerprint density at radius 1 is 1.44 bits per heavy atom. The summed E-state index contributed by atoms with van der Waals surface area (Å²) in [5.74, 6) is -1.10. The van der Waals surface area contributed by atoms with E-state index in [1.54, 1.807) is 24.3 Å². The van der Waals surface area contributed by atoms with Crippen LogP contribution >= 0.6 is 0 Å². The van der Waals surface area contributed by atoms with Gasteiger partial charge in [0.2, 0.25) is 5.60 Å². The number of benzene rings is 1. The first-order chi connectivity index (χ1) is 8.33. The topological polar surface area (TPSA) is 109 Å². The second kappa shape index (κ2) is 5.31. The number of amidine groups is 1. The molecule has 0 aromatic heterocycles. The van der Waals surface area contributed by atoms with Crippen molar-refractivity contribution in [3.05, 3.63) is 35.4 Å². The normalized spacial score (nSPS) is 11.4. The molecule has 6 heteroatoms. The van der Waals surface area contributed by atoms with Gasteiger partial charge in [-0.3, -0.25) is 5.41 Å². The summed E-state index contributed by atoms with van der Waals surface area (Å²) in [6.07, 6.45) is 1.40. The van der Waals surface area contributed by atoms with Gasteiger partial charge in [0.15, 0.2) is 0 Å². The van der Waals surface area contributed by atoms with Crippen molar-refractivity contribution in [2.45, 2.75) is 19.4 Å². The molecule has 0 aliphatic heterocycles. The molecule has 1 aromatic rings. The number of nitrogen functional groups attached to an aromatic ring is 1. The zero-order valence-electron chi connectivity index (χ0n) is 10.2. The van der Waals surface area contributed by atoms with E-state index >= 15 is 0 Å². The minimum atomic E-state index is -1.37. The molecule has 0 saturated carbocycles. The van der Waals surface area contributed by atoms with E-state index in [9.17, 15) is 4.79 Å². The lowest BCUT2D eigenvalue weighted by atomic mass is 10.1. The standard InChI is InChI=1S/C12H15N3O3/c1-12(2,11(16)17)18-15-7-8-3-5-9(6-4-8)10(13)14/h3-7H,1-2H3,(H3,13,14)(H,16,17)/b15-7+. The van der Waals surface area contributed by atoms with Crippen LogP contribution in [0.15, 0.2) is 29.4 Å². The molecular formula is C12H15N3O3. The first-order valence-electron chi connectivity index (χ1n) is 5.22. The number of carboxylic acids is 1. The van der Waals surface area contributed by atoms with Gasteiger partial charge in [0.05, 0.1) is 6.21 Å². The molecule has 4 N–H and O–H groups in total. The maximum atomic E-state index is 10.7. The van der Waals surface area contributed by atoms with Crippen LogP contribution in [0, 0.1) is 5.41 Å². The van der Waals surface area contributed by atoms with Crippen LogP contribution in [0.25, 0.3) is 0 Å². The third-order valence-corrected chi connectivity index (χ3v) is 2.22. The van der Waals surface area contributed by atoms with E-state index in [1.807, 2.05) is 0 Å². The van der Waals surface area contributed by atoms with Gasteiger partial charge in [-0.25, -0.2) is 4.79 Å². The van der Waals surface area contributed by atoms with Crippen LogP contribution < -0.4 is 5.73 Å². The minimum Gasteiger partial charge on any atom is -0.478 e. The number of hydrogen-bond acceptors (Lipinski definition) is 4. The first-order valence-corrected chi connectivity index (χ1v) is 5.22. The van der Waals surface area contributed by atoms with Crippen molar-refractivity contribution in [3.8, 4) is 0 Å². The maximum Gasteiger partial charge on any atom is 0.350 e. The minimum absolute atomic E-state index is 0.0123. The van der Waals surface area contributed by atoms with E-state index in [-0.39, 0.29) is 5.84 Å². The van der Waals surface area contributed by atoms with Crippen LogP contribution in [0.4, 0.5) is 0 Å². The lowest BCUT2D eigenvalue weighted by Gasteiger charge is -2.15. The average molecular weight is 249 g/mol. The molecule has 0 atom stereocenters. The van der Waals surface area contributed by atoms with Crippen LogP contribution in [0.3, 0.4) is 0 Å². The fraction of sp³-hybridized carbons (Fsp3) is 0.250. The second-order valence-electron chi connectivity index (χ2n) is 4.18. The van der Waals surface area contributed by atoms with E-state index in [0.717, 1.165) is 5.56 Å². The molecule has 0 heterocycles. The SMILES string of the molecule is CC(C)(O/N=C/c1ccc(C(=N)N)cc1)C(=O)O. The summed E-state index contributed by atoms with van der Waals surface area (Å²) >= 11 is 0. The summed E-state index contributed by atoms with van der Waals surface area (Å²) < 4.78 is 0. The predicted octanol–water partition coefficient (Wildman–Crippen LogP) is 1.18. The highest BCUT2D eigenvalue weighted by Gasteiger charge is 2.29. The van der Waals surface area contributed by atoms with Crippen molar-refractivity contribution >= 4 is 18.0 Å². The Labute approximate surface area is 105 Å². The highest BCUT2D eigenvalue weighted by molar-refractivity contribution is 5.95. The number of oxime groups is 1. The number of nitrogens with two attached hydrogens (primary N) is 1. The molecule has 0 saturated heterocycles. The van der Waals surface area contributed by atoms with Gasteiger partial charge >= 0.3 is 5.97 Å². The maximum absolute atomic E-state index is 10.7. The van der Waals surface area contributed by atoms with E-state index in [4.69, 9.17) is 21.1 Å². The zero-order chi connectivity index (χ0) is 13.8. The summed E-state index contributed by atoms with van der Waals surface area (Å²) in [6.45, 7) is 2.82. The van der Waals surface area contributed by atoms with Gasteiger partial charge in [-0.05, 0) is 19.4 Å². The highest BCUT2D eigenvalue weighted by Crippen LogP contribution is 2.09. The van der Waals surface area contributed by atoms with Crippen molar-refractivity contribution in [2.24, 2.45) is 10.9 Å². The summed E-state index contributed by atoms with van der Waals surface area (Å²) in [5.41, 5.74) is 5.28. The molecular weight excluding hydrogens is 234 g/mol. The molecule has 0 amide bonds. The van der Waals surface area contributed by atoms with Crippen LogP contribution in [0.2, 0.25) is 0 Å². The van der Waals surface area contributed by atoms with E-state index in [0.29, 0.717) is 5.56 Å². The molecule has 1 aromatic carbocycles. The largest absolute Gasteiger partial charge is 0.478 e. The van der Waals surface area contributed by atoms with E-state index in [2.05, 4.69) is 5.16 Å². The van der Waals surface area contributed by atoms with Crippen molar-refractivity contribution < 1.29 is 14.7 Å². The Bertz CT molecular complexity index is 478.